The van der Waals surface area contributed by atoms with E-state index in [1.54, 1.807) is 7.11 Å². The van der Waals surface area contributed by atoms with Crippen LogP contribution in [0, 0.1) is 0 Å². The third-order valence-electron chi connectivity index (χ3n) is 4.61. The van der Waals surface area contributed by atoms with Crippen molar-refractivity contribution < 1.29 is 24.2 Å². The second-order valence-corrected chi connectivity index (χ2v) is 6.56. The van der Waals surface area contributed by atoms with E-state index in [0.717, 1.165) is 44.9 Å². The van der Waals surface area contributed by atoms with Crippen molar-refractivity contribution in [3.8, 4) is 0 Å². The molecule has 0 aliphatic carbocycles. The molecule has 1 atom stereocenters. The summed E-state index contributed by atoms with van der Waals surface area (Å²) in [6, 6.07) is 8.31. The van der Waals surface area contributed by atoms with E-state index < -0.39 is 18.1 Å². The summed E-state index contributed by atoms with van der Waals surface area (Å²) in [5, 5.41) is 11.8. The van der Waals surface area contributed by atoms with Gasteiger partial charge in [0, 0.05) is 46.4 Å². The molecule has 27 heavy (non-hydrogen) atoms. The lowest BCUT2D eigenvalue weighted by molar-refractivity contribution is -0.139. The van der Waals surface area contributed by atoms with Crippen LogP contribution in [0.15, 0.2) is 30.3 Å². The summed E-state index contributed by atoms with van der Waals surface area (Å²) in [6.45, 7) is 6.01. The molecule has 0 aromatic heterocycles. The second kappa shape index (κ2) is 11.5. The highest BCUT2D eigenvalue weighted by molar-refractivity contribution is 5.79. The van der Waals surface area contributed by atoms with Crippen LogP contribution in [-0.2, 0) is 20.9 Å². The minimum atomic E-state index is -1.05. The maximum atomic E-state index is 11.9. The highest BCUT2D eigenvalue weighted by atomic mass is 16.5. The first kappa shape index (κ1) is 21.1. The lowest BCUT2D eigenvalue weighted by atomic mass is 10.2. The maximum Gasteiger partial charge on any atom is 0.408 e. The Morgan fingerprint density at radius 3 is 2.33 bits per heavy atom. The normalized spacial score (nSPS) is 16.6. The molecule has 1 aromatic rings. The number of amides is 1. The topological polar surface area (TPSA) is 91.3 Å². The molecule has 2 rings (SSSR count). The zero-order valence-electron chi connectivity index (χ0n) is 15.8. The number of carboxylic acids is 1. The van der Waals surface area contributed by atoms with E-state index in [9.17, 15) is 14.7 Å². The standard InChI is InChI=1S/C19H29N3O5/c1-26-14-13-22-11-9-21(10-12-22)8-7-17(18(23)24)20-19(25)27-15-16-5-3-2-4-6-16/h2-6,17H,7-15H2,1H3,(H,20,25)(H,23,24). The Hall–Kier alpha value is -2.16. The SMILES string of the molecule is COCCN1CCN(CCC(NC(=O)OCc2ccccc2)C(=O)O)CC1. The number of carbonyl (C=O) groups excluding carboxylic acids is 1. The molecule has 8 heteroatoms. The maximum absolute atomic E-state index is 11.9. The molecule has 0 radical (unpaired) electrons. The number of rotatable bonds is 10. The number of carbonyl (C=O) groups is 2. The van der Waals surface area contributed by atoms with Gasteiger partial charge in [-0.25, -0.2) is 9.59 Å². The number of hydrogen-bond acceptors (Lipinski definition) is 6. The van der Waals surface area contributed by atoms with Crippen LogP contribution in [-0.4, -0.2) is 86.0 Å². The quantitative estimate of drug-likeness (QED) is 0.627. The fraction of sp³-hybridized carbons (Fsp3) is 0.579. The van der Waals surface area contributed by atoms with Crippen molar-refractivity contribution in [2.45, 2.75) is 19.1 Å². The van der Waals surface area contributed by atoms with Crippen molar-refractivity contribution in [3.05, 3.63) is 35.9 Å². The molecular weight excluding hydrogens is 350 g/mol. The van der Waals surface area contributed by atoms with E-state index in [-0.39, 0.29) is 6.61 Å². The van der Waals surface area contributed by atoms with Crippen LogP contribution in [0.1, 0.15) is 12.0 Å². The molecule has 1 aliphatic rings. The van der Waals surface area contributed by atoms with Gasteiger partial charge >= 0.3 is 12.1 Å². The highest BCUT2D eigenvalue weighted by Crippen LogP contribution is 2.05. The average Bonchev–Trinajstić information content (AvgIpc) is 2.69. The number of nitrogens with zero attached hydrogens (tertiary/aromatic N) is 2. The van der Waals surface area contributed by atoms with Crippen LogP contribution < -0.4 is 5.32 Å². The van der Waals surface area contributed by atoms with Crippen LogP contribution in [0.25, 0.3) is 0 Å². The Labute approximate surface area is 160 Å². The lowest BCUT2D eigenvalue weighted by Gasteiger charge is -2.34. The van der Waals surface area contributed by atoms with Crippen LogP contribution in [0.2, 0.25) is 0 Å². The number of aliphatic carboxylic acids is 1. The monoisotopic (exact) mass is 379 g/mol. The smallest absolute Gasteiger partial charge is 0.408 e. The van der Waals surface area contributed by atoms with E-state index in [1.165, 1.54) is 0 Å². The van der Waals surface area contributed by atoms with Crippen LogP contribution >= 0.6 is 0 Å². The Morgan fingerprint density at radius 2 is 1.74 bits per heavy atom. The molecule has 1 amide bonds. The third kappa shape index (κ3) is 7.94. The van der Waals surface area contributed by atoms with Crippen LogP contribution in [0.3, 0.4) is 0 Å². The Balaban J connectivity index is 1.69. The van der Waals surface area contributed by atoms with Gasteiger partial charge in [-0.15, -0.1) is 0 Å². The fourth-order valence-electron chi connectivity index (χ4n) is 2.93. The summed E-state index contributed by atoms with van der Waals surface area (Å²) in [5.41, 5.74) is 0.853. The molecule has 1 heterocycles. The number of piperazine rings is 1. The van der Waals surface area contributed by atoms with Crippen molar-refractivity contribution >= 4 is 12.1 Å². The number of methoxy groups -OCH3 is 1. The van der Waals surface area contributed by atoms with Crippen molar-refractivity contribution in [1.82, 2.24) is 15.1 Å². The lowest BCUT2D eigenvalue weighted by Crippen LogP contribution is -2.49. The van der Waals surface area contributed by atoms with Gasteiger partial charge in [-0.1, -0.05) is 30.3 Å². The van der Waals surface area contributed by atoms with Crippen LogP contribution in [0.5, 0.6) is 0 Å². The van der Waals surface area contributed by atoms with Gasteiger partial charge in [-0.3, -0.25) is 4.90 Å². The van der Waals surface area contributed by atoms with Crippen molar-refractivity contribution in [1.29, 1.82) is 0 Å². The Morgan fingerprint density at radius 1 is 1.11 bits per heavy atom. The van der Waals surface area contributed by atoms with Gasteiger partial charge in [0.05, 0.1) is 6.61 Å². The number of hydrogen-bond donors (Lipinski definition) is 2. The molecule has 1 aromatic carbocycles. The molecule has 1 unspecified atom stereocenters. The number of alkyl carbamates (subject to hydrolysis) is 1. The molecule has 8 nitrogen and oxygen atoms in total. The van der Waals surface area contributed by atoms with E-state index in [4.69, 9.17) is 9.47 Å². The van der Waals surface area contributed by atoms with Crippen molar-refractivity contribution in [3.63, 3.8) is 0 Å². The Kier molecular flexibility index (Phi) is 9.03. The van der Waals surface area contributed by atoms with Crippen molar-refractivity contribution in [2.24, 2.45) is 0 Å². The minimum Gasteiger partial charge on any atom is -0.480 e. The number of benzene rings is 1. The molecule has 0 spiro atoms. The summed E-state index contributed by atoms with van der Waals surface area (Å²) < 4.78 is 10.2. The van der Waals surface area contributed by atoms with Crippen LogP contribution in [0.4, 0.5) is 4.79 Å². The molecule has 1 aliphatic heterocycles. The number of ether oxygens (including phenoxy) is 2. The highest BCUT2D eigenvalue weighted by Gasteiger charge is 2.23. The first-order valence-electron chi connectivity index (χ1n) is 9.22. The third-order valence-corrected chi connectivity index (χ3v) is 4.61. The van der Waals surface area contributed by atoms with Gasteiger partial charge < -0.3 is 24.8 Å². The first-order valence-corrected chi connectivity index (χ1v) is 9.22. The van der Waals surface area contributed by atoms with Gasteiger partial charge in [-0.05, 0) is 12.0 Å². The summed E-state index contributed by atoms with van der Waals surface area (Å²) in [4.78, 5) is 27.9. The molecular formula is C19H29N3O5. The second-order valence-electron chi connectivity index (χ2n) is 6.56. The molecule has 1 saturated heterocycles. The molecule has 2 N–H and O–H groups in total. The zero-order valence-corrected chi connectivity index (χ0v) is 15.8. The van der Waals surface area contributed by atoms with E-state index in [1.807, 2.05) is 30.3 Å². The first-order chi connectivity index (χ1) is 13.1. The molecule has 1 fully saturated rings. The van der Waals surface area contributed by atoms with Gasteiger partial charge in [-0.2, -0.15) is 0 Å². The van der Waals surface area contributed by atoms with Crippen molar-refractivity contribution in [2.75, 3.05) is 53.0 Å². The Bertz CT molecular complexity index is 576. The number of nitrogens with one attached hydrogen (secondary N) is 1. The van der Waals surface area contributed by atoms with Gasteiger partial charge in [0.1, 0.15) is 12.6 Å². The van der Waals surface area contributed by atoms with Gasteiger partial charge in [0.15, 0.2) is 0 Å². The predicted octanol–water partition coefficient (Wildman–Crippen LogP) is 1.02. The summed E-state index contributed by atoms with van der Waals surface area (Å²) in [6.07, 6.45) is -0.371. The van der Waals surface area contributed by atoms with Gasteiger partial charge in [0.25, 0.3) is 0 Å². The summed E-state index contributed by atoms with van der Waals surface area (Å²) in [7, 11) is 1.69. The molecule has 150 valence electrons. The van der Waals surface area contributed by atoms with E-state index in [2.05, 4.69) is 15.1 Å². The molecule has 0 bridgehead atoms. The minimum absolute atomic E-state index is 0.114. The summed E-state index contributed by atoms with van der Waals surface area (Å²) >= 11 is 0. The average molecular weight is 379 g/mol. The predicted molar refractivity (Wildman–Crippen MR) is 101 cm³/mol. The summed E-state index contributed by atoms with van der Waals surface area (Å²) in [5.74, 6) is -1.05. The van der Waals surface area contributed by atoms with E-state index >= 15 is 0 Å². The fourth-order valence-corrected chi connectivity index (χ4v) is 2.93. The van der Waals surface area contributed by atoms with E-state index in [0.29, 0.717) is 13.0 Å². The molecule has 0 saturated carbocycles. The van der Waals surface area contributed by atoms with Gasteiger partial charge in [0.2, 0.25) is 0 Å². The zero-order chi connectivity index (χ0) is 19.5. The number of carboxylic acid groups (broad SMARTS) is 1. The largest absolute Gasteiger partial charge is 0.480 e.